The van der Waals surface area contributed by atoms with Crippen molar-refractivity contribution in [1.29, 1.82) is 0 Å². The van der Waals surface area contributed by atoms with Gasteiger partial charge in [-0.3, -0.25) is 9.59 Å². The molecule has 0 aliphatic heterocycles. The predicted octanol–water partition coefficient (Wildman–Crippen LogP) is 2.87. The normalized spacial score (nSPS) is 13.3. The van der Waals surface area contributed by atoms with Crippen LogP contribution in [0.3, 0.4) is 0 Å². The maximum Gasteiger partial charge on any atom is 0.307 e. The number of aliphatic carboxylic acids is 2. The van der Waals surface area contributed by atoms with Crippen LogP contribution in [-0.2, 0) is 22.4 Å². The third kappa shape index (κ3) is 4.19. The highest BCUT2D eigenvalue weighted by Crippen LogP contribution is 2.23. The smallest absolute Gasteiger partial charge is 0.307 e. The van der Waals surface area contributed by atoms with E-state index in [4.69, 9.17) is 0 Å². The van der Waals surface area contributed by atoms with E-state index < -0.39 is 23.8 Å². The summed E-state index contributed by atoms with van der Waals surface area (Å²) < 4.78 is 0. The first-order valence-corrected chi connectivity index (χ1v) is 7.11. The zero-order valence-electron chi connectivity index (χ0n) is 12.1. The van der Waals surface area contributed by atoms with Crippen LogP contribution in [-0.4, -0.2) is 22.2 Å². The summed E-state index contributed by atoms with van der Waals surface area (Å²) in [4.78, 5) is 23.2. The Hall–Kier alpha value is -2.62. The number of carboxylic acids is 2. The lowest BCUT2D eigenvalue weighted by Gasteiger charge is -2.20. The van der Waals surface area contributed by atoms with Crippen molar-refractivity contribution in [2.24, 2.45) is 11.8 Å². The number of hydrogen-bond acceptors (Lipinski definition) is 2. The summed E-state index contributed by atoms with van der Waals surface area (Å²) >= 11 is 0. The fourth-order valence-corrected chi connectivity index (χ4v) is 2.54. The Balaban J connectivity index is 2.22. The quantitative estimate of drug-likeness (QED) is 0.824. The van der Waals surface area contributed by atoms with E-state index in [0.717, 1.165) is 11.1 Å². The maximum atomic E-state index is 11.6. The molecular weight excluding hydrogens is 280 g/mol. The summed E-state index contributed by atoms with van der Waals surface area (Å²) in [6, 6.07) is 18.2. The SMILES string of the molecule is O=C(O)[C@H](Cc1ccccc1)[C@@H](Cc1ccccc1)C(=O)O. The molecule has 22 heavy (non-hydrogen) atoms. The van der Waals surface area contributed by atoms with Crippen molar-refractivity contribution in [3.63, 3.8) is 0 Å². The molecule has 2 rings (SSSR count). The molecule has 2 aromatic rings. The molecule has 4 heteroatoms. The predicted molar refractivity (Wildman–Crippen MR) is 82.5 cm³/mol. The molecule has 0 aliphatic rings. The molecule has 0 amide bonds. The number of hydrogen-bond donors (Lipinski definition) is 2. The first kappa shape index (κ1) is 15.8. The van der Waals surface area contributed by atoms with Crippen LogP contribution in [0.1, 0.15) is 11.1 Å². The molecule has 0 saturated heterocycles. The Labute approximate surface area is 129 Å². The Morgan fingerprint density at radius 1 is 0.682 bits per heavy atom. The fraction of sp³-hybridized carbons (Fsp3) is 0.222. The molecule has 0 radical (unpaired) electrons. The van der Waals surface area contributed by atoms with Crippen LogP contribution in [0.25, 0.3) is 0 Å². The fourth-order valence-electron chi connectivity index (χ4n) is 2.54. The van der Waals surface area contributed by atoms with Gasteiger partial charge in [-0.15, -0.1) is 0 Å². The van der Waals surface area contributed by atoms with Gasteiger partial charge in [0.1, 0.15) is 0 Å². The zero-order valence-corrected chi connectivity index (χ0v) is 12.1. The Bertz CT molecular complexity index is 565. The summed E-state index contributed by atoms with van der Waals surface area (Å²) in [5.74, 6) is -4.07. The van der Waals surface area contributed by atoms with Gasteiger partial charge < -0.3 is 10.2 Å². The topological polar surface area (TPSA) is 74.6 Å². The van der Waals surface area contributed by atoms with Crippen LogP contribution in [0, 0.1) is 11.8 Å². The lowest BCUT2D eigenvalue weighted by molar-refractivity contribution is -0.153. The third-order valence-electron chi connectivity index (χ3n) is 3.72. The van der Waals surface area contributed by atoms with E-state index in [9.17, 15) is 19.8 Å². The molecule has 0 saturated carbocycles. The largest absolute Gasteiger partial charge is 0.481 e. The van der Waals surface area contributed by atoms with Gasteiger partial charge in [0.15, 0.2) is 0 Å². The average molecular weight is 298 g/mol. The minimum atomic E-state index is -1.08. The number of carbonyl (C=O) groups is 2. The van der Waals surface area contributed by atoms with Gasteiger partial charge in [-0.1, -0.05) is 60.7 Å². The third-order valence-corrected chi connectivity index (χ3v) is 3.72. The summed E-state index contributed by atoms with van der Waals surface area (Å²) in [7, 11) is 0. The van der Waals surface area contributed by atoms with E-state index in [-0.39, 0.29) is 12.8 Å². The van der Waals surface area contributed by atoms with Gasteiger partial charge in [-0.25, -0.2) is 0 Å². The number of carboxylic acid groups (broad SMARTS) is 2. The Morgan fingerprint density at radius 2 is 1.00 bits per heavy atom. The van der Waals surface area contributed by atoms with E-state index >= 15 is 0 Å². The molecule has 114 valence electrons. The maximum absolute atomic E-state index is 11.6. The molecule has 4 nitrogen and oxygen atoms in total. The van der Waals surface area contributed by atoms with E-state index in [1.807, 2.05) is 60.7 Å². The van der Waals surface area contributed by atoms with E-state index in [1.54, 1.807) is 0 Å². The average Bonchev–Trinajstić information content (AvgIpc) is 2.52. The molecule has 0 heterocycles. The minimum absolute atomic E-state index is 0.208. The highest BCUT2D eigenvalue weighted by Gasteiger charge is 2.33. The second-order valence-electron chi connectivity index (χ2n) is 5.27. The molecule has 2 aromatic carbocycles. The van der Waals surface area contributed by atoms with Crippen molar-refractivity contribution in [3.05, 3.63) is 71.8 Å². The molecule has 0 bridgehead atoms. The van der Waals surface area contributed by atoms with Gasteiger partial charge in [-0.2, -0.15) is 0 Å². The lowest BCUT2D eigenvalue weighted by atomic mass is 9.83. The van der Waals surface area contributed by atoms with Gasteiger partial charge in [-0.05, 0) is 24.0 Å². The monoisotopic (exact) mass is 298 g/mol. The van der Waals surface area contributed by atoms with Crippen LogP contribution in [0.15, 0.2) is 60.7 Å². The summed E-state index contributed by atoms with van der Waals surface area (Å²) in [5.41, 5.74) is 1.66. The number of benzene rings is 2. The minimum Gasteiger partial charge on any atom is -0.481 e. The second kappa shape index (κ2) is 7.41. The van der Waals surface area contributed by atoms with Gasteiger partial charge in [0, 0.05) is 0 Å². The van der Waals surface area contributed by atoms with Gasteiger partial charge >= 0.3 is 11.9 Å². The first-order valence-electron chi connectivity index (χ1n) is 7.11. The molecule has 0 aromatic heterocycles. The summed E-state index contributed by atoms with van der Waals surface area (Å²) in [6.07, 6.45) is 0.417. The van der Waals surface area contributed by atoms with Gasteiger partial charge in [0.2, 0.25) is 0 Å². The van der Waals surface area contributed by atoms with Crippen molar-refractivity contribution in [1.82, 2.24) is 0 Å². The summed E-state index contributed by atoms with van der Waals surface area (Å²) in [6.45, 7) is 0. The van der Waals surface area contributed by atoms with Gasteiger partial charge in [0.05, 0.1) is 11.8 Å². The lowest BCUT2D eigenvalue weighted by Crippen LogP contribution is -2.33. The van der Waals surface area contributed by atoms with Crippen molar-refractivity contribution < 1.29 is 19.8 Å². The Morgan fingerprint density at radius 3 is 1.27 bits per heavy atom. The molecule has 0 unspecified atom stereocenters. The standard InChI is InChI=1S/C18H18O4/c19-17(20)15(11-13-7-3-1-4-8-13)16(18(21)22)12-14-9-5-2-6-10-14/h1-10,15-16H,11-12H2,(H,19,20)(H,21,22)/t15-,16-/m1/s1. The van der Waals surface area contributed by atoms with E-state index in [0.29, 0.717) is 0 Å². The van der Waals surface area contributed by atoms with Crippen LogP contribution in [0.4, 0.5) is 0 Å². The van der Waals surface area contributed by atoms with Crippen LogP contribution < -0.4 is 0 Å². The van der Waals surface area contributed by atoms with Crippen LogP contribution >= 0.6 is 0 Å². The van der Waals surface area contributed by atoms with Crippen molar-refractivity contribution in [2.45, 2.75) is 12.8 Å². The Kier molecular flexibility index (Phi) is 5.31. The zero-order chi connectivity index (χ0) is 15.9. The van der Waals surface area contributed by atoms with Crippen LogP contribution in [0.5, 0.6) is 0 Å². The van der Waals surface area contributed by atoms with E-state index in [1.165, 1.54) is 0 Å². The molecule has 2 atom stereocenters. The highest BCUT2D eigenvalue weighted by atomic mass is 16.4. The van der Waals surface area contributed by atoms with Crippen molar-refractivity contribution in [3.8, 4) is 0 Å². The van der Waals surface area contributed by atoms with Gasteiger partial charge in [0.25, 0.3) is 0 Å². The van der Waals surface area contributed by atoms with Crippen molar-refractivity contribution in [2.75, 3.05) is 0 Å². The highest BCUT2D eigenvalue weighted by molar-refractivity contribution is 5.80. The first-order chi connectivity index (χ1) is 10.6. The number of rotatable bonds is 7. The second-order valence-corrected chi connectivity index (χ2v) is 5.27. The summed E-state index contributed by atoms with van der Waals surface area (Å²) in [5, 5.41) is 18.9. The molecule has 0 fully saturated rings. The van der Waals surface area contributed by atoms with Crippen LogP contribution in [0.2, 0.25) is 0 Å². The molecule has 0 aliphatic carbocycles. The molecular formula is C18H18O4. The van der Waals surface area contributed by atoms with Crippen molar-refractivity contribution >= 4 is 11.9 Å². The van der Waals surface area contributed by atoms with E-state index in [2.05, 4.69) is 0 Å². The molecule has 2 N–H and O–H groups in total. The molecule has 0 spiro atoms.